The number of carbonyl (C=O) groups excluding carboxylic acids is 1. The van der Waals surface area contributed by atoms with Crippen molar-refractivity contribution in [3.8, 4) is 17.1 Å². The van der Waals surface area contributed by atoms with Crippen LogP contribution in [0.4, 0.5) is 11.4 Å². The van der Waals surface area contributed by atoms with Gasteiger partial charge in [0.1, 0.15) is 22.8 Å². The van der Waals surface area contributed by atoms with E-state index in [0.717, 1.165) is 5.56 Å². The number of ether oxygens (including phenoxy) is 1. The molecule has 1 N–H and O–H groups in total. The molecule has 0 aliphatic heterocycles. The summed E-state index contributed by atoms with van der Waals surface area (Å²) in [6.07, 6.45) is 0. The Morgan fingerprint density at radius 3 is 2.47 bits per heavy atom. The van der Waals surface area contributed by atoms with Gasteiger partial charge in [0.15, 0.2) is 5.43 Å². The normalized spacial score (nSPS) is 10.7. The molecule has 0 unspecified atom stereocenters. The van der Waals surface area contributed by atoms with Gasteiger partial charge >= 0.3 is 0 Å². The Hall–Kier alpha value is -4.46. The number of hydrogen-bond acceptors (Lipinski definition) is 6. The van der Waals surface area contributed by atoms with Crippen molar-refractivity contribution in [1.29, 1.82) is 0 Å². The topological polar surface area (TPSA) is 112 Å². The predicted octanol–water partition coefficient (Wildman–Crippen LogP) is 4.94. The molecule has 0 bridgehead atoms. The van der Waals surface area contributed by atoms with Crippen LogP contribution in [0, 0.1) is 17.0 Å². The number of methoxy groups -OCH3 is 1. The fourth-order valence-electron chi connectivity index (χ4n) is 3.29. The summed E-state index contributed by atoms with van der Waals surface area (Å²) in [6.45, 7) is 1.90. The largest absolute Gasteiger partial charge is 0.496 e. The molecule has 4 aromatic rings. The van der Waals surface area contributed by atoms with E-state index in [1.807, 2.05) is 13.0 Å². The van der Waals surface area contributed by atoms with Crippen LogP contribution in [0.5, 0.6) is 5.75 Å². The van der Waals surface area contributed by atoms with Gasteiger partial charge in [-0.15, -0.1) is 0 Å². The quantitative estimate of drug-likeness (QED) is 0.355. The molecule has 8 nitrogen and oxygen atoms in total. The number of carbonyl (C=O) groups is 1. The number of nitrogens with one attached hydrogen (secondary N) is 1. The van der Waals surface area contributed by atoms with Gasteiger partial charge in [-0.3, -0.25) is 19.7 Å². The van der Waals surface area contributed by atoms with Crippen molar-refractivity contribution in [3.05, 3.63) is 98.2 Å². The van der Waals surface area contributed by atoms with Crippen LogP contribution in [0.1, 0.15) is 15.9 Å². The summed E-state index contributed by atoms with van der Waals surface area (Å²) in [5.74, 6) is 0.176. The third-order valence-electron chi connectivity index (χ3n) is 4.96. The summed E-state index contributed by atoms with van der Waals surface area (Å²) in [5, 5.41) is 14.4. The first-order valence-electron chi connectivity index (χ1n) is 9.64. The number of anilines is 1. The Morgan fingerprint density at radius 2 is 1.78 bits per heavy atom. The van der Waals surface area contributed by atoms with Crippen LogP contribution >= 0.6 is 0 Å². The van der Waals surface area contributed by atoms with E-state index in [9.17, 15) is 19.7 Å². The number of fused-ring (bicyclic) bond motifs is 1. The second kappa shape index (κ2) is 8.35. The van der Waals surface area contributed by atoms with Gasteiger partial charge in [-0.25, -0.2) is 0 Å². The summed E-state index contributed by atoms with van der Waals surface area (Å²) in [4.78, 5) is 35.8. The van der Waals surface area contributed by atoms with Gasteiger partial charge < -0.3 is 14.5 Å². The molecule has 8 heteroatoms. The van der Waals surface area contributed by atoms with E-state index in [4.69, 9.17) is 9.15 Å². The first-order valence-corrected chi connectivity index (χ1v) is 9.64. The molecule has 0 radical (unpaired) electrons. The minimum absolute atomic E-state index is 0.0562. The second-order valence-corrected chi connectivity index (χ2v) is 7.15. The van der Waals surface area contributed by atoms with E-state index in [1.165, 1.54) is 31.4 Å². The Balaban J connectivity index is 1.60. The summed E-state index contributed by atoms with van der Waals surface area (Å²) in [5.41, 5.74) is 1.98. The Bertz CT molecular complexity index is 1410. The van der Waals surface area contributed by atoms with Crippen LogP contribution in [-0.2, 0) is 0 Å². The minimum atomic E-state index is -0.593. The SMILES string of the molecule is COc1ccc(NC(=O)c2ccc(-c3cc(=O)c4cc(C)ccc4o3)cc2)c([N+](=O)[O-])c1. The molecule has 3 aromatic carbocycles. The van der Waals surface area contributed by atoms with Crippen molar-refractivity contribution in [1.82, 2.24) is 0 Å². The molecule has 1 aromatic heterocycles. The fraction of sp³-hybridized carbons (Fsp3) is 0.0833. The number of hydrogen-bond donors (Lipinski definition) is 1. The molecule has 160 valence electrons. The lowest BCUT2D eigenvalue weighted by Gasteiger charge is -2.08. The lowest BCUT2D eigenvalue weighted by molar-refractivity contribution is -0.384. The van der Waals surface area contributed by atoms with Gasteiger partial charge in [-0.2, -0.15) is 0 Å². The van der Waals surface area contributed by atoms with E-state index in [-0.39, 0.29) is 22.4 Å². The van der Waals surface area contributed by atoms with Gasteiger partial charge in [-0.1, -0.05) is 23.8 Å². The molecule has 0 spiro atoms. The fourth-order valence-corrected chi connectivity index (χ4v) is 3.29. The van der Waals surface area contributed by atoms with Crippen molar-refractivity contribution in [3.63, 3.8) is 0 Å². The molecular weight excluding hydrogens is 412 g/mol. The molecule has 1 heterocycles. The molecule has 1 amide bonds. The summed E-state index contributed by atoms with van der Waals surface area (Å²) in [7, 11) is 1.40. The first kappa shape index (κ1) is 20.8. The number of rotatable bonds is 5. The highest BCUT2D eigenvalue weighted by molar-refractivity contribution is 6.05. The molecule has 0 saturated heterocycles. The Kier molecular flexibility index (Phi) is 5.43. The van der Waals surface area contributed by atoms with Crippen molar-refractivity contribution in [2.75, 3.05) is 12.4 Å². The molecule has 0 aliphatic carbocycles. The van der Waals surface area contributed by atoms with E-state index in [0.29, 0.717) is 28.0 Å². The van der Waals surface area contributed by atoms with Crippen LogP contribution in [0.15, 0.2) is 75.9 Å². The zero-order valence-corrected chi connectivity index (χ0v) is 17.2. The Labute approximate surface area is 182 Å². The average molecular weight is 430 g/mol. The molecule has 0 aliphatic rings. The van der Waals surface area contributed by atoms with Crippen molar-refractivity contribution in [2.45, 2.75) is 6.92 Å². The lowest BCUT2D eigenvalue weighted by atomic mass is 10.1. The summed E-state index contributed by atoms with van der Waals surface area (Å²) in [6, 6.07) is 17.4. The van der Waals surface area contributed by atoms with E-state index >= 15 is 0 Å². The van der Waals surface area contributed by atoms with E-state index in [1.54, 1.807) is 36.4 Å². The maximum Gasteiger partial charge on any atom is 0.296 e. The van der Waals surface area contributed by atoms with Crippen molar-refractivity contribution < 1.29 is 18.9 Å². The lowest BCUT2D eigenvalue weighted by Crippen LogP contribution is -2.13. The van der Waals surface area contributed by atoms with Gasteiger partial charge in [0.2, 0.25) is 0 Å². The van der Waals surface area contributed by atoms with Crippen LogP contribution in [-0.4, -0.2) is 17.9 Å². The first-order chi connectivity index (χ1) is 15.4. The van der Waals surface area contributed by atoms with Crippen molar-refractivity contribution in [2.24, 2.45) is 0 Å². The summed E-state index contributed by atoms with van der Waals surface area (Å²) < 4.78 is 10.9. The third kappa shape index (κ3) is 4.06. The maximum atomic E-state index is 12.6. The molecular formula is C24H18N2O6. The number of benzene rings is 3. The van der Waals surface area contributed by atoms with E-state index in [2.05, 4.69) is 5.32 Å². The van der Waals surface area contributed by atoms with Crippen molar-refractivity contribution >= 4 is 28.3 Å². The molecule has 0 fully saturated rings. The maximum absolute atomic E-state index is 12.6. The standard InChI is InChI=1S/C24H18N2O6/c1-14-3-10-22-18(11-14)21(27)13-23(32-22)15-4-6-16(7-5-15)24(28)25-19-9-8-17(31-2)12-20(19)26(29)30/h3-13H,1-2H3,(H,25,28). The predicted molar refractivity (Wildman–Crippen MR) is 120 cm³/mol. The second-order valence-electron chi connectivity index (χ2n) is 7.15. The van der Waals surface area contributed by atoms with Gasteiger partial charge in [0.05, 0.1) is 23.5 Å². The molecule has 0 atom stereocenters. The van der Waals surface area contributed by atoms with Gasteiger partial charge in [-0.05, 0) is 43.3 Å². The van der Waals surface area contributed by atoms with Crippen LogP contribution in [0.25, 0.3) is 22.3 Å². The zero-order valence-electron chi connectivity index (χ0n) is 17.2. The smallest absolute Gasteiger partial charge is 0.296 e. The van der Waals surface area contributed by atoms with Crippen LogP contribution in [0.3, 0.4) is 0 Å². The monoisotopic (exact) mass is 430 g/mol. The number of amides is 1. The average Bonchev–Trinajstić information content (AvgIpc) is 2.79. The highest BCUT2D eigenvalue weighted by Crippen LogP contribution is 2.29. The highest BCUT2D eigenvalue weighted by Gasteiger charge is 2.18. The summed E-state index contributed by atoms with van der Waals surface area (Å²) >= 11 is 0. The molecule has 0 saturated carbocycles. The Morgan fingerprint density at radius 1 is 1.03 bits per heavy atom. The van der Waals surface area contributed by atoms with E-state index < -0.39 is 10.8 Å². The number of aryl methyl sites for hydroxylation is 1. The van der Waals surface area contributed by atoms with Crippen LogP contribution < -0.4 is 15.5 Å². The third-order valence-corrected chi connectivity index (χ3v) is 4.96. The van der Waals surface area contributed by atoms with Gasteiger partial charge in [0, 0.05) is 17.2 Å². The van der Waals surface area contributed by atoms with Crippen LogP contribution in [0.2, 0.25) is 0 Å². The number of nitrogens with zero attached hydrogens (tertiary/aromatic N) is 1. The van der Waals surface area contributed by atoms with Gasteiger partial charge in [0.25, 0.3) is 11.6 Å². The zero-order chi connectivity index (χ0) is 22.8. The number of nitro groups is 1. The minimum Gasteiger partial charge on any atom is -0.496 e. The number of nitro benzene ring substituents is 1. The highest BCUT2D eigenvalue weighted by atomic mass is 16.6. The molecule has 32 heavy (non-hydrogen) atoms. The molecule has 4 rings (SSSR count).